The van der Waals surface area contributed by atoms with Crippen LogP contribution in [0, 0.1) is 10.7 Å². The number of carbonyl (C=O) groups is 1. The SMILES string of the molecule is CC(NC(=O)Nc1ccc(SC#N)cc1)Oc1ccc(O)cc1. The summed E-state index contributed by atoms with van der Waals surface area (Å²) in [6.07, 6.45) is -0.548. The van der Waals surface area contributed by atoms with E-state index in [1.807, 2.05) is 5.40 Å². The van der Waals surface area contributed by atoms with Crippen LogP contribution in [0.4, 0.5) is 10.5 Å². The molecule has 118 valence electrons. The summed E-state index contributed by atoms with van der Waals surface area (Å²) in [6, 6.07) is 12.7. The van der Waals surface area contributed by atoms with Gasteiger partial charge in [-0.2, -0.15) is 5.26 Å². The topological polar surface area (TPSA) is 94.4 Å². The summed E-state index contributed by atoms with van der Waals surface area (Å²) >= 11 is 1.06. The molecular weight excluding hydrogens is 314 g/mol. The number of benzene rings is 2. The molecule has 1 atom stereocenters. The van der Waals surface area contributed by atoms with Gasteiger partial charge in [0.05, 0.1) is 0 Å². The fraction of sp³-hybridized carbons (Fsp3) is 0.125. The molecule has 7 heteroatoms. The molecule has 0 spiro atoms. The van der Waals surface area contributed by atoms with E-state index in [1.54, 1.807) is 43.3 Å². The van der Waals surface area contributed by atoms with Crippen molar-refractivity contribution >= 4 is 23.5 Å². The summed E-state index contributed by atoms with van der Waals surface area (Å²) in [5, 5.41) is 25.1. The van der Waals surface area contributed by atoms with E-state index in [1.165, 1.54) is 12.1 Å². The maximum absolute atomic E-state index is 11.9. The van der Waals surface area contributed by atoms with E-state index in [9.17, 15) is 9.90 Å². The molecule has 0 aliphatic heterocycles. The lowest BCUT2D eigenvalue weighted by atomic mass is 10.3. The number of hydrogen-bond acceptors (Lipinski definition) is 5. The van der Waals surface area contributed by atoms with Crippen LogP contribution in [-0.2, 0) is 0 Å². The standard InChI is InChI=1S/C16H15N3O3S/c1-11(22-14-6-4-13(20)5-7-14)18-16(21)19-12-2-8-15(9-3-12)23-10-17/h2-9,11,20H,1H3,(H2,18,19,21). The third-order valence-corrected chi connectivity index (χ3v) is 3.36. The van der Waals surface area contributed by atoms with Gasteiger partial charge in [0.1, 0.15) is 16.9 Å². The second-order valence-corrected chi connectivity index (χ2v) is 5.43. The molecule has 2 aromatic rings. The summed E-state index contributed by atoms with van der Waals surface area (Å²) in [5.41, 5.74) is 0.613. The van der Waals surface area contributed by atoms with Gasteiger partial charge >= 0.3 is 6.03 Å². The highest BCUT2D eigenvalue weighted by molar-refractivity contribution is 8.03. The lowest BCUT2D eigenvalue weighted by molar-refractivity contribution is 0.183. The van der Waals surface area contributed by atoms with Crippen LogP contribution in [0.1, 0.15) is 6.92 Å². The first-order chi connectivity index (χ1) is 11.1. The molecule has 2 rings (SSSR count). The molecule has 2 amide bonds. The van der Waals surface area contributed by atoms with Gasteiger partial charge in [-0.15, -0.1) is 0 Å². The zero-order valence-corrected chi connectivity index (χ0v) is 13.1. The van der Waals surface area contributed by atoms with Gasteiger partial charge in [0.2, 0.25) is 0 Å². The highest BCUT2D eigenvalue weighted by Gasteiger charge is 2.09. The number of rotatable bonds is 5. The van der Waals surface area contributed by atoms with Crippen molar-refractivity contribution in [2.75, 3.05) is 5.32 Å². The molecule has 0 fully saturated rings. The van der Waals surface area contributed by atoms with Crippen LogP contribution in [0.2, 0.25) is 0 Å². The van der Waals surface area contributed by atoms with Gasteiger partial charge in [-0.05, 0) is 67.2 Å². The van der Waals surface area contributed by atoms with Gasteiger partial charge < -0.3 is 20.5 Å². The van der Waals surface area contributed by atoms with E-state index in [0.717, 1.165) is 16.7 Å². The number of phenols is 1. The lowest BCUT2D eigenvalue weighted by Gasteiger charge is -2.16. The van der Waals surface area contributed by atoms with Crippen LogP contribution >= 0.6 is 11.8 Å². The quantitative estimate of drug-likeness (QED) is 0.443. The number of thiocyanates is 1. The van der Waals surface area contributed by atoms with Crippen molar-refractivity contribution in [1.29, 1.82) is 5.26 Å². The van der Waals surface area contributed by atoms with Crippen LogP contribution in [0.25, 0.3) is 0 Å². The Hall–Kier alpha value is -2.85. The largest absolute Gasteiger partial charge is 0.508 e. The molecular formula is C16H15N3O3S. The van der Waals surface area contributed by atoms with E-state index in [2.05, 4.69) is 10.6 Å². The Kier molecular flexibility index (Phi) is 5.72. The number of nitriles is 1. The molecule has 0 heterocycles. The second-order valence-electron chi connectivity index (χ2n) is 4.57. The summed E-state index contributed by atoms with van der Waals surface area (Å²) < 4.78 is 5.51. The minimum Gasteiger partial charge on any atom is -0.508 e. The third-order valence-electron chi connectivity index (χ3n) is 2.76. The zero-order valence-electron chi connectivity index (χ0n) is 12.3. The van der Waals surface area contributed by atoms with Gasteiger partial charge in [0.25, 0.3) is 0 Å². The first kappa shape index (κ1) is 16.5. The van der Waals surface area contributed by atoms with Gasteiger partial charge in [0.15, 0.2) is 6.23 Å². The molecule has 1 unspecified atom stereocenters. The number of amides is 2. The highest BCUT2D eigenvalue weighted by Crippen LogP contribution is 2.19. The number of hydrogen-bond donors (Lipinski definition) is 3. The van der Waals surface area contributed by atoms with Crippen LogP contribution in [0.5, 0.6) is 11.5 Å². The average Bonchev–Trinajstić information content (AvgIpc) is 2.51. The minimum atomic E-state index is -0.548. The van der Waals surface area contributed by atoms with Gasteiger partial charge in [-0.3, -0.25) is 0 Å². The van der Waals surface area contributed by atoms with E-state index >= 15 is 0 Å². The van der Waals surface area contributed by atoms with Crippen LogP contribution in [-0.4, -0.2) is 17.4 Å². The Morgan fingerprint density at radius 1 is 1.22 bits per heavy atom. The Labute approximate surface area is 138 Å². The van der Waals surface area contributed by atoms with E-state index in [4.69, 9.17) is 10.00 Å². The number of ether oxygens (including phenoxy) is 1. The van der Waals surface area contributed by atoms with Gasteiger partial charge in [-0.25, -0.2) is 4.79 Å². The molecule has 0 aliphatic rings. The molecule has 3 N–H and O–H groups in total. The minimum absolute atomic E-state index is 0.147. The van der Waals surface area contributed by atoms with Crippen LogP contribution in [0.15, 0.2) is 53.4 Å². The second kappa shape index (κ2) is 7.96. The molecule has 0 bridgehead atoms. The summed E-state index contributed by atoms with van der Waals surface area (Å²) in [5.74, 6) is 0.683. The fourth-order valence-electron chi connectivity index (χ4n) is 1.77. The first-order valence-electron chi connectivity index (χ1n) is 6.76. The van der Waals surface area contributed by atoms with E-state index in [0.29, 0.717) is 11.4 Å². The number of nitrogens with zero attached hydrogens (tertiary/aromatic N) is 1. The van der Waals surface area contributed by atoms with E-state index < -0.39 is 12.3 Å². The van der Waals surface area contributed by atoms with Crippen LogP contribution < -0.4 is 15.4 Å². The Morgan fingerprint density at radius 3 is 2.48 bits per heavy atom. The molecule has 0 radical (unpaired) electrons. The summed E-state index contributed by atoms with van der Waals surface area (Å²) in [7, 11) is 0. The zero-order chi connectivity index (χ0) is 16.7. The monoisotopic (exact) mass is 329 g/mol. The molecule has 0 saturated heterocycles. The van der Waals surface area contributed by atoms with Crippen molar-refractivity contribution in [2.24, 2.45) is 0 Å². The molecule has 0 saturated carbocycles. The number of urea groups is 1. The number of thioether (sulfide) groups is 1. The van der Waals surface area contributed by atoms with Crippen molar-refractivity contribution in [2.45, 2.75) is 18.0 Å². The third kappa shape index (κ3) is 5.45. The maximum atomic E-state index is 11.9. The normalized spacial score (nSPS) is 11.1. The van der Waals surface area contributed by atoms with Crippen molar-refractivity contribution in [3.8, 4) is 16.9 Å². The molecule has 0 aliphatic carbocycles. The predicted molar refractivity (Wildman–Crippen MR) is 88.3 cm³/mol. The van der Waals surface area contributed by atoms with Gasteiger partial charge in [-0.1, -0.05) is 0 Å². The Bertz CT molecular complexity index is 696. The smallest absolute Gasteiger partial charge is 0.322 e. The van der Waals surface area contributed by atoms with Crippen LogP contribution in [0.3, 0.4) is 0 Å². The van der Waals surface area contributed by atoms with Crippen molar-refractivity contribution in [1.82, 2.24) is 5.32 Å². The Morgan fingerprint density at radius 2 is 1.87 bits per heavy atom. The maximum Gasteiger partial charge on any atom is 0.322 e. The number of nitrogens with one attached hydrogen (secondary N) is 2. The number of carbonyl (C=O) groups excluding carboxylic acids is 1. The summed E-state index contributed by atoms with van der Waals surface area (Å²) in [4.78, 5) is 12.7. The molecule has 23 heavy (non-hydrogen) atoms. The van der Waals surface area contributed by atoms with Gasteiger partial charge in [0, 0.05) is 10.6 Å². The van der Waals surface area contributed by atoms with Crippen molar-refractivity contribution < 1.29 is 14.6 Å². The summed E-state index contributed by atoms with van der Waals surface area (Å²) in [6.45, 7) is 1.69. The number of aromatic hydroxyl groups is 1. The first-order valence-corrected chi connectivity index (χ1v) is 7.57. The molecule has 0 aromatic heterocycles. The number of anilines is 1. The number of phenolic OH excluding ortho intramolecular Hbond substituents is 1. The molecule has 6 nitrogen and oxygen atoms in total. The van der Waals surface area contributed by atoms with Crippen molar-refractivity contribution in [3.05, 3.63) is 48.5 Å². The Balaban J connectivity index is 1.83. The average molecular weight is 329 g/mol. The van der Waals surface area contributed by atoms with E-state index in [-0.39, 0.29) is 5.75 Å². The predicted octanol–water partition coefficient (Wildman–Crippen LogP) is 3.51. The fourth-order valence-corrected chi connectivity index (χ4v) is 2.15. The molecule has 2 aromatic carbocycles. The van der Waals surface area contributed by atoms with Crippen molar-refractivity contribution in [3.63, 3.8) is 0 Å². The highest BCUT2D eigenvalue weighted by atomic mass is 32.2. The lowest BCUT2D eigenvalue weighted by Crippen LogP contribution is -2.39.